The van der Waals surface area contributed by atoms with Crippen LogP contribution in [-0.2, 0) is 39.3 Å². The van der Waals surface area contributed by atoms with E-state index < -0.39 is 56.3 Å². The van der Waals surface area contributed by atoms with Gasteiger partial charge in [0.15, 0.2) is 22.6 Å². The number of esters is 2. The van der Waals surface area contributed by atoms with E-state index in [2.05, 4.69) is 32.9 Å². The van der Waals surface area contributed by atoms with Crippen molar-refractivity contribution < 1.29 is 41.8 Å². The minimum Gasteiger partial charge on any atom is -0.464 e. The number of nitrogen functional groups attached to an aromatic ring is 1. The van der Waals surface area contributed by atoms with Crippen LogP contribution < -0.4 is 15.3 Å². The Morgan fingerprint density at radius 1 is 1.03 bits per heavy atom. The molecule has 0 amide bonds. The number of nitrogens with one attached hydrogen (secondary N) is 1. The van der Waals surface area contributed by atoms with Gasteiger partial charge in [-0.1, -0.05) is 127 Å². The summed E-state index contributed by atoms with van der Waals surface area (Å²) in [6.45, 7) is 5.74. The zero-order valence-electron chi connectivity index (χ0n) is 34.1. The smallest absolute Gasteiger partial charge is 0.459 e. The maximum atomic E-state index is 15.0. The maximum Gasteiger partial charge on any atom is 0.459 e. The molecule has 0 radical (unpaired) electrons. The molecule has 2 aromatic heterocycles. The van der Waals surface area contributed by atoms with Crippen LogP contribution in [0.5, 0.6) is 5.75 Å². The van der Waals surface area contributed by atoms with Crippen LogP contribution in [0.3, 0.4) is 0 Å². The van der Waals surface area contributed by atoms with Crippen molar-refractivity contribution in [2.45, 2.75) is 122 Å². The highest BCUT2D eigenvalue weighted by Crippen LogP contribution is 2.49. The summed E-state index contributed by atoms with van der Waals surface area (Å²) in [7, 11) is -4.56. The highest BCUT2D eigenvalue weighted by Gasteiger charge is 2.53. The van der Waals surface area contributed by atoms with Crippen molar-refractivity contribution in [3.8, 4) is 18.1 Å². The predicted octanol–water partition coefficient (Wildman–Crippen LogP) is 8.28. The van der Waals surface area contributed by atoms with E-state index in [-0.39, 0.29) is 54.5 Å². The number of rotatable bonds is 24. The molecule has 0 aliphatic carbocycles. The van der Waals surface area contributed by atoms with Crippen LogP contribution >= 0.6 is 7.75 Å². The maximum absolute atomic E-state index is 15.0. The number of ether oxygens (including phenoxy) is 3. The molecule has 0 spiro atoms. The van der Waals surface area contributed by atoms with Crippen LogP contribution in [0, 0.1) is 24.3 Å². The minimum atomic E-state index is -4.56. The van der Waals surface area contributed by atoms with Gasteiger partial charge in [-0.15, -0.1) is 6.42 Å². The van der Waals surface area contributed by atoms with Gasteiger partial charge in [0, 0.05) is 12.8 Å². The molecule has 4 aromatic rings. The number of para-hydroxylation sites is 1. The lowest BCUT2D eigenvalue weighted by Crippen LogP contribution is -2.46. The molecule has 5 atom stereocenters. The number of unbranched alkanes of at least 4 members (excludes halogenated alkanes) is 6. The van der Waals surface area contributed by atoms with Crippen molar-refractivity contribution >= 4 is 36.7 Å². The molecule has 3 N–H and O–H groups in total. The number of hydrogen-bond donors (Lipinski definition) is 2. The third-order valence-corrected chi connectivity index (χ3v) is 12.0. The van der Waals surface area contributed by atoms with E-state index in [0.29, 0.717) is 6.42 Å². The van der Waals surface area contributed by atoms with Crippen LogP contribution in [-0.4, -0.2) is 62.4 Å². The van der Waals surface area contributed by atoms with E-state index in [1.165, 1.54) is 17.3 Å². The van der Waals surface area contributed by atoms with E-state index in [9.17, 15) is 14.0 Å². The molecule has 1 fully saturated rings. The number of anilines is 1. The van der Waals surface area contributed by atoms with Crippen molar-refractivity contribution in [2.75, 3.05) is 18.9 Å². The molecular weight excluding hydrogens is 778 g/mol. The average molecular weight is 835 g/mol. The van der Waals surface area contributed by atoms with Crippen LogP contribution in [0.2, 0.25) is 0 Å². The van der Waals surface area contributed by atoms with Gasteiger partial charge in [0.25, 0.3) is 0 Å². The topological polar surface area (TPSA) is 179 Å². The summed E-state index contributed by atoms with van der Waals surface area (Å²) >= 11 is 0. The van der Waals surface area contributed by atoms with Gasteiger partial charge in [-0.05, 0) is 36.5 Å². The highest BCUT2D eigenvalue weighted by atomic mass is 31.2. The number of carbonyl (C=O) groups is 2. The fraction of sp³-hybridized carbons (Fsp3) is 0.512. The number of terminal acetylenes is 1. The van der Waals surface area contributed by atoms with E-state index in [1.807, 2.05) is 44.2 Å². The molecule has 1 saturated heterocycles. The lowest BCUT2D eigenvalue weighted by Gasteiger charge is -2.31. The van der Waals surface area contributed by atoms with Crippen LogP contribution in [0.15, 0.2) is 67.0 Å². The van der Waals surface area contributed by atoms with Gasteiger partial charge in [-0.25, -0.2) is 9.55 Å². The van der Waals surface area contributed by atoms with Crippen molar-refractivity contribution in [1.29, 1.82) is 0 Å². The van der Waals surface area contributed by atoms with Gasteiger partial charge in [0.05, 0.1) is 12.9 Å². The normalized spacial score (nSPS) is 19.3. The van der Waals surface area contributed by atoms with E-state index in [4.69, 9.17) is 35.4 Å². The summed E-state index contributed by atoms with van der Waals surface area (Å²) in [5.41, 5.74) is 4.99. The molecule has 0 unspecified atom stereocenters. The summed E-state index contributed by atoms with van der Waals surface area (Å²) in [5.74, 6) is 1.58. The van der Waals surface area contributed by atoms with Gasteiger partial charge in [-0.3, -0.25) is 18.7 Å². The zero-order chi connectivity index (χ0) is 42.3. The summed E-state index contributed by atoms with van der Waals surface area (Å²) in [6.07, 6.45) is 13.1. The highest BCUT2D eigenvalue weighted by molar-refractivity contribution is 7.52. The predicted molar refractivity (Wildman–Crippen MR) is 221 cm³/mol. The zero-order valence-corrected chi connectivity index (χ0v) is 35.0. The van der Waals surface area contributed by atoms with Gasteiger partial charge in [0.1, 0.15) is 30.7 Å². The van der Waals surface area contributed by atoms with Crippen LogP contribution in [0.25, 0.3) is 11.2 Å². The quantitative estimate of drug-likeness (QED) is 0.0227. The first-order chi connectivity index (χ1) is 28.5. The van der Waals surface area contributed by atoms with Crippen molar-refractivity contribution in [3.63, 3.8) is 0 Å². The number of hydrogen-bond acceptors (Lipinski definition) is 12. The lowest BCUT2D eigenvalue weighted by atomic mass is 9.98. The SMILES string of the molecule is C#C[C@]1(CO[P@@](=O)(N[C@@H](Cc2ccccc2)C(=O)OCC(CC)CC)Oc2ccccc2)O[C@@H](n2cnc3c(N)nc(F)nc32)C[C@@H]1OC(=O)CCCCCCCCC. The number of fused-ring (bicyclic) bond motifs is 1. The fourth-order valence-corrected chi connectivity index (χ4v) is 8.37. The Labute approximate surface area is 345 Å². The molecule has 0 saturated carbocycles. The Hall–Kier alpha value is -4.87. The molecule has 16 heteroatoms. The average Bonchev–Trinajstić information content (AvgIpc) is 3.82. The third-order valence-electron chi connectivity index (χ3n) is 10.4. The Kier molecular flexibility index (Phi) is 16.8. The molecule has 2 aromatic carbocycles. The van der Waals surface area contributed by atoms with Gasteiger partial charge in [0.2, 0.25) is 0 Å². The summed E-state index contributed by atoms with van der Waals surface area (Å²) in [4.78, 5) is 38.9. The summed E-state index contributed by atoms with van der Waals surface area (Å²) in [5, 5.41) is 2.85. The first kappa shape index (κ1) is 45.2. The van der Waals surface area contributed by atoms with Crippen LogP contribution in [0.4, 0.5) is 10.2 Å². The molecular formula is C43H56FN6O8P. The largest absolute Gasteiger partial charge is 0.464 e. The third kappa shape index (κ3) is 12.6. The monoisotopic (exact) mass is 834 g/mol. The summed E-state index contributed by atoms with van der Waals surface area (Å²) in [6, 6.07) is 16.3. The summed E-state index contributed by atoms with van der Waals surface area (Å²) < 4.78 is 61.3. The standard InChI is InChI=1S/C43H56FN6O8P/c1-5-9-10-11-12-13-20-25-37(51)56-35-27-36(50-30-46-38-39(45)47-42(44)48-40(38)50)57-43(35,8-4)29-55-59(53,58-33-23-18-15-19-24-33)49-34(26-32-21-16-14-17-22-32)41(52)54-28-31(6-2)7-3/h4,14-19,21-24,30-31,34-36H,5-7,9-13,20,25-29H2,1-3H3,(H,49,53)(H2,45,47,48)/t34-,35-,36+,43+,59-/m0/s1. The van der Waals surface area contributed by atoms with E-state index in [0.717, 1.165) is 50.5 Å². The lowest BCUT2D eigenvalue weighted by molar-refractivity contribution is -0.158. The minimum absolute atomic E-state index is 0.0253. The molecule has 1 aliphatic heterocycles. The number of imidazole rings is 1. The molecule has 59 heavy (non-hydrogen) atoms. The number of nitrogens with two attached hydrogens (primary N) is 1. The van der Waals surface area contributed by atoms with Crippen molar-refractivity contribution in [1.82, 2.24) is 24.6 Å². The first-order valence-corrected chi connectivity index (χ1v) is 22.0. The van der Waals surface area contributed by atoms with Crippen molar-refractivity contribution in [2.24, 2.45) is 5.92 Å². The second-order valence-electron chi connectivity index (χ2n) is 14.8. The van der Waals surface area contributed by atoms with Gasteiger partial charge < -0.3 is 24.5 Å². The Morgan fingerprint density at radius 3 is 2.39 bits per heavy atom. The van der Waals surface area contributed by atoms with Crippen molar-refractivity contribution in [3.05, 3.63) is 78.6 Å². The number of aromatic nitrogens is 4. The van der Waals surface area contributed by atoms with E-state index in [1.54, 1.807) is 30.3 Å². The Bertz CT molecular complexity index is 2050. The van der Waals surface area contributed by atoms with E-state index >= 15 is 4.57 Å². The Morgan fingerprint density at radius 2 is 1.71 bits per heavy atom. The molecule has 3 heterocycles. The first-order valence-electron chi connectivity index (χ1n) is 20.5. The fourth-order valence-electron chi connectivity index (χ4n) is 6.85. The number of benzene rings is 2. The van der Waals surface area contributed by atoms with Gasteiger partial charge in [-0.2, -0.15) is 19.4 Å². The molecule has 0 bridgehead atoms. The molecule has 14 nitrogen and oxygen atoms in total. The Balaban J connectivity index is 1.44. The number of carbonyl (C=O) groups excluding carboxylic acids is 2. The molecule has 318 valence electrons. The molecule has 1 aliphatic rings. The van der Waals surface area contributed by atoms with Crippen LogP contribution in [0.1, 0.15) is 103 Å². The number of halogens is 1. The second-order valence-corrected chi connectivity index (χ2v) is 16.4. The molecule has 5 rings (SSSR count). The number of nitrogens with zero attached hydrogens (tertiary/aromatic N) is 4. The second kappa shape index (κ2) is 21.9. The van der Waals surface area contributed by atoms with Gasteiger partial charge >= 0.3 is 25.8 Å².